The first-order chi connectivity index (χ1) is 12.2. The van der Waals surface area contributed by atoms with Crippen molar-refractivity contribution in [1.29, 1.82) is 10.5 Å². The largest absolute Gasteiger partial charge is 0.207 e. The summed E-state index contributed by atoms with van der Waals surface area (Å²) in [4.78, 5) is 0. The Morgan fingerprint density at radius 2 is 1.27 bits per heavy atom. The minimum absolute atomic E-state index is 0.0804. The highest BCUT2D eigenvalue weighted by molar-refractivity contribution is 9.10. The van der Waals surface area contributed by atoms with E-state index in [4.69, 9.17) is 10.5 Å². The lowest BCUT2D eigenvalue weighted by molar-refractivity contribution is 0.541. The first kappa shape index (κ1) is 20.4. The van der Waals surface area contributed by atoms with Crippen LogP contribution in [0.3, 0.4) is 0 Å². The highest BCUT2D eigenvalue weighted by atomic mass is 79.9. The fraction of sp³-hybridized carbons (Fsp3) is 0.222. The molecule has 0 amide bonds. The molecular formula is C18H10Br2F4N2. The van der Waals surface area contributed by atoms with Crippen molar-refractivity contribution in [1.82, 2.24) is 0 Å². The molecule has 1 aliphatic carbocycles. The van der Waals surface area contributed by atoms with Crippen molar-refractivity contribution in [3.63, 3.8) is 0 Å². The van der Waals surface area contributed by atoms with E-state index in [0.717, 1.165) is 12.1 Å². The van der Waals surface area contributed by atoms with Gasteiger partial charge in [0.25, 0.3) is 0 Å². The van der Waals surface area contributed by atoms with E-state index < -0.39 is 28.7 Å². The maximum atomic E-state index is 13.4. The van der Waals surface area contributed by atoms with Crippen LogP contribution in [0.4, 0.5) is 17.6 Å². The smallest absolute Gasteiger partial charge is 0.132 e. The van der Waals surface area contributed by atoms with Gasteiger partial charge in [-0.25, -0.2) is 17.6 Å². The molecule has 0 atom stereocenters. The van der Waals surface area contributed by atoms with Gasteiger partial charge in [0, 0.05) is 20.1 Å². The lowest BCUT2D eigenvalue weighted by Gasteiger charge is -2.09. The van der Waals surface area contributed by atoms with Crippen molar-refractivity contribution in [2.45, 2.75) is 24.7 Å². The molecule has 0 radical (unpaired) electrons. The number of hydrogen-bond donors (Lipinski definition) is 0. The third-order valence-corrected chi connectivity index (χ3v) is 4.73. The molecule has 0 N–H and O–H groups in total. The Hall–Kier alpha value is -1.90. The summed E-state index contributed by atoms with van der Waals surface area (Å²) in [5.41, 5.74) is -1.17. The average Bonchev–Trinajstić information content (AvgIpc) is 3.31. The predicted molar refractivity (Wildman–Crippen MR) is 94.0 cm³/mol. The van der Waals surface area contributed by atoms with Gasteiger partial charge in [-0.1, -0.05) is 31.9 Å². The molecule has 2 nitrogen and oxygen atoms in total. The summed E-state index contributed by atoms with van der Waals surface area (Å²) in [7, 11) is 0. The SMILES string of the molecule is N#CC1(c2c(F)cc(Br)cc2F)CC1.N#CCc1c(F)cc(Br)cc1F. The zero-order valence-electron chi connectivity index (χ0n) is 13.1. The van der Waals surface area contributed by atoms with Crippen LogP contribution < -0.4 is 0 Å². The van der Waals surface area contributed by atoms with E-state index in [-0.39, 0.29) is 17.5 Å². The minimum Gasteiger partial charge on any atom is -0.207 e. The molecule has 3 rings (SSSR count). The molecule has 26 heavy (non-hydrogen) atoms. The second-order valence-corrected chi connectivity index (χ2v) is 7.45. The van der Waals surface area contributed by atoms with Gasteiger partial charge in [0.1, 0.15) is 23.3 Å². The molecule has 2 aromatic rings. The Balaban J connectivity index is 0.000000190. The van der Waals surface area contributed by atoms with Gasteiger partial charge in [-0.05, 0) is 37.1 Å². The van der Waals surface area contributed by atoms with Gasteiger partial charge in [0.15, 0.2) is 0 Å². The van der Waals surface area contributed by atoms with Gasteiger partial charge in [-0.15, -0.1) is 0 Å². The van der Waals surface area contributed by atoms with E-state index >= 15 is 0 Å². The molecule has 0 aliphatic heterocycles. The molecule has 2 aromatic carbocycles. The van der Waals surface area contributed by atoms with E-state index in [1.165, 1.54) is 12.1 Å². The molecule has 8 heteroatoms. The van der Waals surface area contributed by atoms with Crippen LogP contribution in [0.1, 0.15) is 24.0 Å². The zero-order valence-corrected chi connectivity index (χ0v) is 16.3. The van der Waals surface area contributed by atoms with Gasteiger partial charge >= 0.3 is 0 Å². The molecule has 0 aromatic heterocycles. The van der Waals surface area contributed by atoms with Gasteiger partial charge in [-0.2, -0.15) is 10.5 Å². The summed E-state index contributed by atoms with van der Waals surface area (Å²) >= 11 is 5.93. The Kier molecular flexibility index (Phi) is 6.44. The van der Waals surface area contributed by atoms with Crippen LogP contribution in [0.15, 0.2) is 33.2 Å². The summed E-state index contributed by atoms with van der Waals surface area (Å²) in [6.07, 6.45) is 0.836. The van der Waals surface area contributed by atoms with Crippen LogP contribution >= 0.6 is 31.9 Å². The number of rotatable bonds is 2. The molecule has 0 heterocycles. The summed E-state index contributed by atoms with van der Waals surface area (Å²) in [5, 5.41) is 17.1. The monoisotopic (exact) mass is 488 g/mol. The Morgan fingerprint density at radius 1 is 0.846 bits per heavy atom. The molecule has 1 saturated carbocycles. The van der Waals surface area contributed by atoms with Gasteiger partial charge in [-0.3, -0.25) is 0 Å². The van der Waals surface area contributed by atoms with E-state index in [9.17, 15) is 17.6 Å². The van der Waals surface area contributed by atoms with Crippen molar-refractivity contribution >= 4 is 31.9 Å². The summed E-state index contributed by atoms with van der Waals surface area (Å²) in [6, 6.07) is 8.31. The van der Waals surface area contributed by atoms with Crippen molar-refractivity contribution in [3.8, 4) is 12.1 Å². The number of nitriles is 2. The van der Waals surface area contributed by atoms with Crippen LogP contribution in [0, 0.1) is 45.9 Å². The molecule has 0 spiro atoms. The van der Waals surface area contributed by atoms with Crippen molar-refractivity contribution < 1.29 is 17.6 Å². The number of nitrogens with zero attached hydrogens (tertiary/aromatic N) is 2. The molecular weight excluding hydrogens is 480 g/mol. The highest BCUT2D eigenvalue weighted by Crippen LogP contribution is 2.49. The lowest BCUT2D eigenvalue weighted by atomic mass is 9.96. The fourth-order valence-corrected chi connectivity index (χ4v) is 3.17. The Labute approximate surface area is 164 Å². The van der Waals surface area contributed by atoms with Gasteiger partial charge in [0.05, 0.1) is 24.0 Å². The van der Waals surface area contributed by atoms with Gasteiger partial charge in [0.2, 0.25) is 0 Å². The second-order valence-electron chi connectivity index (χ2n) is 5.62. The predicted octanol–water partition coefficient (Wildman–Crippen LogP) is 6.08. The highest BCUT2D eigenvalue weighted by Gasteiger charge is 2.48. The standard InChI is InChI=1S/C10H6BrF2N.C8H4BrF2N/c11-6-3-7(12)9(8(13)4-6)10(5-14)1-2-10;9-5-3-7(10)6(1-2-12)8(11)4-5/h3-4H,1-2H2;3-4H,1H2. The molecule has 1 fully saturated rings. The Morgan fingerprint density at radius 3 is 1.62 bits per heavy atom. The van der Waals surface area contributed by atoms with Crippen LogP contribution in [0.5, 0.6) is 0 Å². The zero-order chi connectivity index (χ0) is 19.5. The number of benzene rings is 2. The molecule has 0 unspecified atom stereocenters. The first-order valence-electron chi connectivity index (χ1n) is 7.30. The maximum absolute atomic E-state index is 13.4. The van der Waals surface area contributed by atoms with E-state index in [0.29, 0.717) is 21.8 Å². The third kappa shape index (κ3) is 4.44. The third-order valence-electron chi connectivity index (χ3n) is 3.81. The number of halogens is 6. The summed E-state index contributed by atoms with van der Waals surface area (Å²) < 4.78 is 53.3. The molecule has 1 aliphatic rings. The van der Waals surface area contributed by atoms with Crippen LogP contribution in [0.2, 0.25) is 0 Å². The lowest BCUT2D eigenvalue weighted by Crippen LogP contribution is -2.09. The first-order valence-corrected chi connectivity index (χ1v) is 8.89. The van der Waals surface area contributed by atoms with Crippen molar-refractivity contribution in [3.05, 3.63) is 67.6 Å². The van der Waals surface area contributed by atoms with Crippen molar-refractivity contribution in [2.75, 3.05) is 0 Å². The molecule has 0 bridgehead atoms. The van der Waals surface area contributed by atoms with E-state index in [1.807, 2.05) is 6.07 Å². The van der Waals surface area contributed by atoms with Gasteiger partial charge < -0.3 is 0 Å². The molecule has 134 valence electrons. The van der Waals surface area contributed by atoms with Crippen LogP contribution in [0.25, 0.3) is 0 Å². The minimum atomic E-state index is -0.908. The van der Waals surface area contributed by atoms with E-state index in [2.05, 4.69) is 31.9 Å². The topological polar surface area (TPSA) is 47.6 Å². The normalized spacial score (nSPS) is 13.8. The Bertz CT molecular complexity index is 882. The van der Waals surface area contributed by atoms with Crippen LogP contribution in [-0.4, -0.2) is 0 Å². The van der Waals surface area contributed by atoms with E-state index in [1.54, 1.807) is 6.07 Å². The number of hydrogen-bond acceptors (Lipinski definition) is 2. The van der Waals surface area contributed by atoms with Crippen molar-refractivity contribution in [2.24, 2.45) is 0 Å². The quantitative estimate of drug-likeness (QED) is 0.480. The summed E-state index contributed by atoms with van der Waals surface area (Å²) in [6.45, 7) is 0. The second kappa shape index (κ2) is 8.20. The maximum Gasteiger partial charge on any atom is 0.132 e. The summed E-state index contributed by atoms with van der Waals surface area (Å²) in [5.74, 6) is -2.67. The molecule has 0 saturated heterocycles. The average molecular weight is 490 g/mol. The van der Waals surface area contributed by atoms with Crippen LogP contribution in [-0.2, 0) is 11.8 Å². The fourth-order valence-electron chi connectivity index (χ4n) is 2.36.